The van der Waals surface area contributed by atoms with Gasteiger partial charge in [0.1, 0.15) is 6.61 Å². The van der Waals surface area contributed by atoms with Crippen LogP contribution < -0.4 is 4.90 Å². The maximum Gasteiger partial charge on any atom is 0.414 e. The highest BCUT2D eigenvalue weighted by molar-refractivity contribution is 7.93. The molecule has 130 valence electrons. The molecule has 6 nitrogen and oxygen atoms in total. The van der Waals surface area contributed by atoms with E-state index in [0.29, 0.717) is 37.4 Å². The van der Waals surface area contributed by atoms with Crippen molar-refractivity contribution in [3.8, 4) is 0 Å². The van der Waals surface area contributed by atoms with Crippen LogP contribution in [0, 0.1) is 0 Å². The lowest BCUT2D eigenvalue weighted by Gasteiger charge is -2.39. The molecule has 1 aromatic rings. The summed E-state index contributed by atoms with van der Waals surface area (Å²) in [5, 5.41) is 0. The van der Waals surface area contributed by atoms with Crippen LogP contribution in [0.3, 0.4) is 0 Å². The van der Waals surface area contributed by atoms with Crippen LogP contribution in [0.5, 0.6) is 0 Å². The van der Waals surface area contributed by atoms with E-state index in [9.17, 15) is 13.2 Å². The van der Waals surface area contributed by atoms with Crippen molar-refractivity contribution in [1.82, 2.24) is 4.31 Å². The van der Waals surface area contributed by atoms with Crippen molar-refractivity contribution in [1.29, 1.82) is 0 Å². The molecule has 0 unspecified atom stereocenters. The number of amides is 1. The number of carbonyl (C=O) groups is 1. The Kier molecular flexibility index (Phi) is 4.64. The van der Waals surface area contributed by atoms with E-state index in [0.717, 1.165) is 11.3 Å². The van der Waals surface area contributed by atoms with Crippen LogP contribution in [0.25, 0.3) is 0 Å². The summed E-state index contributed by atoms with van der Waals surface area (Å²) in [5.41, 5.74) is 1.86. The number of piperidine rings is 1. The van der Waals surface area contributed by atoms with Gasteiger partial charge < -0.3 is 4.74 Å². The number of para-hydroxylation sites is 1. The smallest absolute Gasteiger partial charge is 0.414 e. The lowest BCUT2D eigenvalue weighted by molar-refractivity contribution is 0.136. The van der Waals surface area contributed by atoms with Crippen LogP contribution in [-0.2, 0) is 21.4 Å². The number of rotatable bonds is 3. The first kappa shape index (κ1) is 17.0. The summed E-state index contributed by atoms with van der Waals surface area (Å²) >= 11 is 0. The van der Waals surface area contributed by atoms with Crippen molar-refractivity contribution >= 4 is 21.8 Å². The molecule has 1 aromatic carbocycles. The van der Waals surface area contributed by atoms with Crippen molar-refractivity contribution in [2.75, 3.05) is 18.0 Å². The van der Waals surface area contributed by atoms with E-state index in [1.165, 1.54) is 4.31 Å². The number of sulfonamides is 1. The SMILES string of the molecule is C/C=C(\C)S(=O)(=O)N1CCC(N2C(=O)OCc3ccccc32)CC1. The second kappa shape index (κ2) is 6.57. The number of benzene rings is 1. The lowest BCUT2D eigenvalue weighted by Crippen LogP contribution is -2.50. The van der Waals surface area contributed by atoms with Gasteiger partial charge in [-0.15, -0.1) is 0 Å². The largest absolute Gasteiger partial charge is 0.444 e. The van der Waals surface area contributed by atoms with Crippen molar-refractivity contribution in [3.63, 3.8) is 0 Å². The van der Waals surface area contributed by atoms with E-state index in [1.807, 2.05) is 24.3 Å². The zero-order valence-corrected chi connectivity index (χ0v) is 14.8. The summed E-state index contributed by atoms with van der Waals surface area (Å²) in [6.07, 6.45) is 2.46. The minimum Gasteiger partial charge on any atom is -0.444 e. The third-order valence-corrected chi connectivity index (χ3v) is 6.84. The summed E-state index contributed by atoms with van der Waals surface area (Å²) in [6, 6.07) is 7.65. The molecule has 0 atom stereocenters. The van der Waals surface area contributed by atoms with E-state index in [4.69, 9.17) is 4.74 Å². The van der Waals surface area contributed by atoms with Gasteiger partial charge in [0.15, 0.2) is 0 Å². The molecular weight excluding hydrogens is 328 g/mol. The van der Waals surface area contributed by atoms with Gasteiger partial charge in [0.25, 0.3) is 0 Å². The van der Waals surface area contributed by atoms with Gasteiger partial charge in [-0.1, -0.05) is 24.3 Å². The van der Waals surface area contributed by atoms with Crippen LogP contribution in [0.4, 0.5) is 10.5 Å². The molecule has 2 aliphatic rings. The Balaban J connectivity index is 1.77. The normalized spacial score (nSPS) is 20.7. The number of anilines is 1. The van der Waals surface area contributed by atoms with Gasteiger partial charge in [-0.3, -0.25) is 4.90 Å². The van der Waals surface area contributed by atoms with Crippen molar-refractivity contribution in [2.45, 2.75) is 39.3 Å². The molecule has 0 bridgehead atoms. The fourth-order valence-electron chi connectivity index (χ4n) is 3.21. The summed E-state index contributed by atoms with van der Waals surface area (Å²) in [6.45, 7) is 4.44. The minimum atomic E-state index is -3.38. The van der Waals surface area contributed by atoms with Gasteiger partial charge in [-0.2, -0.15) is 4.31 Å². The second-order valence-corrected chi connectivity index (χ2v) is 8.20. The van der Waals surface area contributed by atoms with Crippen LogP contribution in [0.1, 0.15) is 32.3 Å². The van der Waals surface area contributed by atoms with Crippen molar-refractivity contribution < 1.29 is 17.9 Å². The van der Waals surface area contributed by atoms with Gasteiger partial charge >= 0.3 is 6.09 Å². The molecule has 2 aliphatic heterocycles. The zero-order chi connectivity index (χ0) is 17.3. The molecule has 0 N–H and O–H groups in total. The molecule has 0 saturated carbocycles. The number of cyclic esters (lactones) is 1. The van der Waals surface area contributed by atoms with E-state index < -0.39 is 10.0 Å². The van der Waals surface area contributed by atoms with Crippen molar-refractivity contribution in [2.24, 2.45) is 0 Å². The fourth-order valence-corrected chi connectivity index (χ4v) is 4.61. The Bertz CT molecular complexity index is 765. The number of hydrogen-bond donors (Lipinski definition) is 0. The Hall–Kier alpha value is -1.86. The van der Waals surface area contributed by atoms with Crippen LogP contribution in [-0.4, -0.2) is 37.9 Å². The summed E-state index contributed by atoms with van der Waals surface area (Å²) in [4.78, 5) is 14.3. The highest BCUT2D eigenvalue weighted by Gasteiger charge is 2.36. The maximum absolute atomic E-state index is 12.4. The van der Waals surface area contributed by atoms with E-state index in [-0.39, 0.29) is 12.1 Å². The number of carbonyl (C=O) groups excluding carboxylic acids is 1. The standard InChI is InChI=1S/C17H22N2O4S/c1-3-13(2)24(21,22)18-10-8-15(9-11-18)19-16-7-5-4-6-14(16)12-23-17(19)20/h3-7,15H,8-12H2,1-2H3/b13-3+. The van der Waals surface area contributed by atoms with Crippen LogP contribution in [0.2, 0.25) is 0 Å². The first-order chi connectivity index (χ1) is 11.4. The molecule has 7 heteroatoms. The molecule has 1 fully saturated rings. The molecule has 3 rings (SSSR count). The summed E-state index contributed by atoms with van der Waals surface area (Å²) in [7, 11) is -3.38. The van der Waals surface area contributed by atoms with E-state index in [1.54, 1.807) is 24.8 Å². The summed E-state index contributed by atoms with van der Waals surface area (Å²) < 4.78 is 31.6. The first-order valence-corrected chi connectivity index (χ1v) is 9.56. The lowest BCUT2D eigenvalue weighted by atomic mass is 10.0. The Labute approximate surface area is 142 Å². The molecule has 24 heavy (non-hydrogen) atoms. The van der Waals surface area contributed by atoms with Crippen LogP contribution in [0.15, 0.2) is 35.2 Å². The maximum atomic E-state index is 12.4. The third kappa shape index (κ3) is 2.93. The van der Waals surface area contributed by atoms with Gasteiger partial charge in [-0.25, -0.2) is 13.2 Å². The molecular formula is C17H22N2O4S. The number of nitrogens with zero attached hydrogens (tertiary/aromatic N) is 2. The Morgan fingerprint density at radius 3 is 2.58 bits per heavy atom. The van der Waals surface area contributed by atoms with E-state index in [2.05, 4.69) is 0 Å². The molecule has 0 spiro atoms. The Morgan fingerprint density at radius 1 is 1.25 bits per heavy atom. The molecule has 0 aromatic heterocycles. The quantitative estimate of drug-likeness (QED) is 0.841. The predicted molar refractivity (Wildman–Crippen MR) is 92.1 cm³/mol. The highest BCUT2D eigenvalue weighted by atomic mass is 32.2. The van der Waals surface area contributed by atoms with E-state index >= 15 is 0 Å². The number of fused-ring (bicyclic) bond motifs is 1. The van der Waals surface area contributed by atoms with Gasteiger partial charge in [0.2, 0.25) is 10.0 Å². The molecule has 2 heterocycles. The third-order valence-electron chi connectivity index (χ3n) is 4.74. The molecule has 0 radical (unpaired) electrons. The average molecular weight is 350 g/mol. The Morgan fingerprint density at radius 2 is 1.92 bits per heavy atom. The fraction of sp³-hybridized carbons (Fsp3) is 0.471. The number of allylic oxidation sites excluding steroid dienone is 2. The van der Waals surface area contributed by atoms with Crippen LogP contribution >= 0.6 is 0 Å². The first-order valence-electron chi connectivity index (χ1n) is 8.12. The second-order valence-electron chi connectivity index (χ2n) is 6.09. The molecule has 1 amide bonds. The monoisotopic (exact) mass is 350 g/mol. The van der Waals surface area contributed by atoms with Crippen molar-refractivity contribution in [3.05, 3.63) is 40.8 Å². The molecule has 1 saturated heterocycles. The van der Waals surface area contributed by atoms with Gasteiger partial charge in [0, 0.05) is 24.7 Å². The zero-order valence-electron chi connectivity index (χ0n) is 13.9. The molecule has 0 aliphatic carbocycles. The predicted octanol–water partition coefficient (Wildman–Crippen LogP) is 2.86. The topological polar surface area (TPSA) is 66.9 Å². The number of hydrogen-bond acceptors (Lipinski definition) is 4. The highest BCUT2D eigenvalue weighted by Crippen LogP contribution is 2.32. The van der Waals surface area contributed by atoms with Gasteiger partial charge in [-0.05, 0) is 32.8 Å². The van der Waals surface area contributed by atoms with Gasteiger partial charge in [0.05, 0.1) is 10.6 Å². The summed E-state index contributed by atoms with van der Waals surface area (Å²) in [5.74, 6) is 0. The number of ether oxygens (including phenoxy) is 1. The minimum absolute atomic E-state index is 0.0451. The average Bonchev–Trinajstić information content (AvgIpc) is 2.61.